The Hall–Kier alpha value is -2.09. The van der Waals surface area contributed by atoms with Crippen LogP contribution in [0.3, 0.4) is 0 Å². The number of rotatable bonds is 3. The van der Waals surface area contributed by atoms with Crippen LogP contribution in [0.25, 0.3) is 0 Å². The Labute approximate surface area is 110 Å². The second-order valence-corrected chi connectivity index (χ2v) is 5.79. The van der Waals surface area contributed by atoms with Crippen molar-refractivity contribution in [1.29, 1.82) is 0 Å². The lowest BCUT2D eigenvalue weighted by Crippen LogP contribution is -2.32. The van der Waals surface area contributed by atoms with Crippen molar-refractivity contribution in [2.45, 2.75) is 11.3 Å². The van der Waals surface area contributed by atoms with Gasteiger partial charge in [-0.25, -0.2) is 12.7 Å². The number of anilines is 1. The van der Waals surface area contributed by atoms with Crippen molar-refractivity contribution in [2.75, 3.05) is 19.4 Å². The van der Waals surface area contributed by atoms with Gasteiger partial charge in [-0.05, 0) is 18.2 Å². The van der Waals surface area contributed by atoms with Crippen LogP contribution in [-0.2, 0) is 19.6 Å². The molecule has 19 heavy (non-hydrogen) atoms. The van der Waals surface area contributed by atoms with Gasteiger partial charge in [0.25, 0.3) is 15.9 Å². The molecule has 2 rings (SSSR count). The third-order valence-corrected chi connectivity index (χ3v) is 4.62. The zero-order valence-corrected chi connectivity index (χ0v) is 10.9. The van der Waals surface area contributed by atoms with E-state index in [1.54, 1.807) is 0 Å². The molecule has 0 unspecified atom stereocenters. The number of hydrogen-bond donors (Lipinski definition) is 1. The first-order chi connectivity index (χ1) is 8.87. The summed E-state index contributed by atoms with van der Waals surface area (Å²) < 4.78 is 29.3. The Kier molecular flexibility index (Phi) is 3.19. The van der Waals surface area contributed by atoms with E-state index < -0.39 is 21.9 Å². The number of carbonyl (C=O) groups is 2. The first-order valence-electron chi connectivity index (χ1n) is 5.41. The summed E-state index contributed by atoms with van der Waals surface area (Å²) in [5.41, 5.74) is 5.87. The molecule has 0 atom stereocenters. The fraction of sp³-hybridized carbons (Fsp3) is 0.273. The molecule has 1 aliphatic rings. The molecule has 8 heteroatoms. The lowest BCUT2D eigenvalue weighted by atomic mass is 10.2. The predicted octanol–water partition coefficient (Wildman–Crippen LogP) is -0.0236. The number of sulfonamides is 1. The SMILES string of the molecule is COC(=O)CCN1C(=O)c2cc(N)ccc2S1(=O)=O. The number of amides is 1. The second-order valence-electron chi connectivity index (χ2n) is 3.96. The van der Waals surface area contributed by atoms with Crippen LogP contribution in [0.5, 0.6) is 0 Å². The van der Waals surface area contributed by atoms with Crippen molar-refractivity contribution in [1.82, 2.24) is 4.31 Å². The third-order valence-electron chi connectivity index (χ3n) is 2.78. The number of nitrogen functional groups attached to an aromatic ring is 1. The van der Waals surface area contributed by atoms with Crippen molar-refractivity contribution in [2.24, 2.45) is 0 Å². The monoisotopic (exact) mass is 284 g/mol. The van der Waals surface area contributed by atoms with Crippen LogP contribution >= 0.6 is 0 Å². The molecule has 1 aromatic carbocycles. The highest BCUT2D eigenvalue weighted by molar-refractivity contribution is 7.90. The Morgan fingerprint density at radius 1 is 1.42 bits per heavy atom. The molecule has 0 saturated carbocycles. The number of nitrogens with two attached hydrogens (primary N) is 1. The molecule has 1 aromatic rings. The summed E-state index contributed by atoms with van der Waals surface area (Å²) in [4.78, 5) is 23.0. The quantitative estimate of drug-likeness (QED) is 0.617. The van der Waals surface area contributed by atoms with Crippen LogP contribution in [0, 0.1) is 0 Å². The molecule has 0 spiro atoms. The number of benzene rings is 1. The van der Waals surface area contributed by atoms with E-state index >= 15 is 0 Å². The molecule has 2 N–H and O–H groups in total. The third kappa shape index (κ3) is 2.14. The Bertz CT molecular complexity index is 653. The zero-order valence-electron chi connectivity index (χ0n) is 10.1. The number of nitrogens with zero attached hydrogens (tertiary/aromatic N) is 1. The second kappa shape index (κ2) is 4.54. The molecule has 0 aliphatic carbocycles. The fourth-order valence-corrected chi connectivity index (χ4v) is 3.37. The van der Waals surface area contributed by atoms with E-state index in [1.165, 1.54) is 25.3 Å². The summed E-state index contributed by atoms with van der Waals surface area (Å²) in [6.45, 7) is -0.248. The molecule has 102 valence electrons. The van der Waals surface area contributed by atoms with Crippen molar-refractivity contribution in [3.05, 3.63) is 23.8 Å². The minimum absolute atomic E-state index is 0.0323. The number of methoxy groups -OCH3 is 1. The number of fused-ring (bicyclic) bond motifs is 1. The molecule has 1 aliphatic heterocycles. The van der Waals surface area contributed by atoms with E-state index in [4.69, 9.17) is 5.73 Å². The van der Waals surface area contributed by atoms with Crippen molar-refractivity contribution < 1.29 is 22.7 Å². The van der Waals surface area contributed by atoms with Crippen LogP contribution in [0.15, 0.2) is 23.1 Å². The number of hydrogen-bond acceptors (Lipinski definition) is 6. The van der Waals surface area contributed by atoms with Crippen LogP contribution in [0.2, 0.25) is 0 Å². The fourth-order valence-electron chi connectivity index (χ4n) is 1.82. The summed E-state index contributed by atoms with van der Waals surface area (Å²) in [6, 6.07) is 4.01. The maximum absolute atomic E-state index is 12.1. The number of ether oxygens (including phenoxy) is 1. The van der Waals surface area contributed by atoms with Crippen LogP contribution < -0.4 is 5.73 Å². The standard InChI is InChI=1S/C11H12N2O5S/c1-18-10(14)4-5-13-11(15)8-6-7(12)2-3-9(8)19(13,16)17/h2-3,6H,4-5,12H2,1H3. The predicted molar refractivity (Wildman–Crippen MR) is 65.7 cm³/mol. The molecule has 0 aromatic heterocycles. The van der Waals surface area contributed by atoms with Gasteiger partial charge in [-0.3, -0.25) is 9.59 Å². The van der Waals surface area contributed by atoms with Gasteiger partial charge in [0.1, 0.15) is 4.90 Å². The molecular formula is C11H12N2O5S. The molecule has 0 bridgehead atoms. The zero-order chi connectivity index (χ0) is 14.2. The minimum Gasteiger partial charge on any atom is -0.469 e. The Morgan fingerprint density at radius 2 is 2.11 bits per heavy atom. The normalized spacial score (nSPS) is 16.3. The molecule has 1 heterocycles. The van der Waals surface area contributed by atoms with E-state index in [1.807, 2.05) is 0 Å². The Balaban J connectivity index is 2.35. The summed E-state index contributed by atoms with van der Waals surface area (Å²) in [5, 5.41) is 0. The topological polar surface area (TPSA) is 107 Å². The molecule has 0 saturated heterocycles. The maximum Gasteiger partial charge on any atom is 0.307 e. The molecule has 0 radical (unpaired) electrons. The largest absolute Gasteiger partial charge is 0.469 e. The van der Waals surface area contributed by atoms with Gasteiger partial charge in [0.2, 0.25) is 0 Å². The highest BCUT2D eigenvalue weighted by Crippen LogP contribution is 2.31. The average molecular weight is 284 g/mol. The molecular weight excluding hydrogens is 272 g/mol. The summed E-state index contributed by atoms with van der Waals surface area (Å²) in [7, 11) is -2.70. The minimum atomic E-state index is -3.90. The van der Waals surface area contributed by atoms with Gasteiger partial charge in [0.05, 0.1) is 19.1 Å². The summed E-state index contributed by atoms with van der Waals surface area (Å²) in [5.74, 6) is -1.26. The van der Waals surface area contributed by atoms with Gasteiger partial charge in [0.15, 0.2) is 0 Å². The van der Waals surface area contributed by atoms with Crippen molar-refractivity contribution >= 4 is 27.6 Å². The number of esters is 1. The summed E-state index contributed by atoms with van der Waals surface area (Å²) in [6.07, 6.45) is -0.190. The van der Waals surface area contributed by atoms with Gasteiger partial charge in [-0.1, -0.05) is 0 Å². The van der Waals surface area contributed by atoms with Gasteiger partial charge < -0.3 is 10.5 Å². The van der Waals surface area contributed by atoms with Crippen LogP contribution in [0.1, 0.15) is 16.8 Å². The molecule has 7 nitrogen and oxygen atoms in total. The number of carbonyl (C=O) groups excluding carboxylic acids is 2. The van der Waals surface area contributed by atoms with E-state index in [-0.39, 0.29) is 23.4 Å². The van der Waals surface area contributed by atoms with Crippen LogP contribution in [-0.4, -0.2) is 38.3 Å². The van der Waals surface area contributed by atoms with E-state index in [0.717, 1.165) is 0 Å². The van der Waals surface area contributed by atoms with Crippen molar-refractivity contribution in [3.63, 3.8) is 0 Å². The maximum atomic E-state index is 12.1. The first-order valence-corrected chi connectivity index (χ1v) is 6.85. The first kappa shape index (κ1) is 13.3. The van der Waals surface area contributed by atoms with Crippen molar-refractivity contribution in [3.8, 4) is 0 Å². The van der Waals surface area contributed by atoms with Gasteiger partial charge in [-0.2, -0.15) is 0 Å². The molecule has 0 fully saturated rings. The average Bonchev–Trinajstić information content (AvgIpc) is 2.54. The smallest absolute Gasteiger partial charge is 0.307 e. The van der Waals surface area contributed by atoms with E-state index in [9.17, 15) is 18.0 Å². The van der Waals surface area contributed by atoms with E-state index in [2.05, 4.69) is 4.74 Å². The van der Waals surface area contributed by atoms with E-state index in [0.29, 0.717) is 9.99 Å². The van der Waals surface area contributed by atoms with Gasteiger partial charge in [-0.15, -0.1) is 0 Å². The Morgan fingerprint density at radius 3 is 2.74 bits per heavy atom. The lowest BCUT2D eigenvalue weighted by Gasteiger charge is -2.13. The highest BCUT2D eigenvalue weighted by atomic mass is 32.2. The highest BCUT2D eigenvalue weighted by Gasteiger charge is 2.41. The summed E-state index contributed by atoms with van der Waals surface area (Å²) >= 11 is 0. The lowest BCUT2D eigenvalue weighted by molar-refractivity contribution is -0.140. The van der Waals surface area contributed by atoms with Crippen LogP contribution in [0.4, 0.5) is 5.69 Å². The van der Waals surface area contributed by atoms with Gasteiger partial charge >= 0.3 is 5.97 Å². The van der Waals surface area contributed by atoms with Gasteiger partial charge in [0, 0.05) is 12.2 Å². The molecule has 1 amide bonds.